The second kappa shape index (κ2) is 4.23. The van der Waals surface area contributed by atoms with Crippen LogP contribution in [0.4, 0.5) is 0 Å². The molecule has 1 aromatic rings. The fraction of sp³-hybridized carbons (Fsp3) is 0.417. The molecule has 0 spiro atoms. The van der Waals surface area contributed by atoms with Crippen molar-refractivity contribution in [3.63, 3.8) is 0 Å². The first kappa shape index (κ1) is 11.1. The van der Waals surface area contributed by atoms with E-state index in [0.29, 0.717) is 19.5 Å². The molecule has 4 N–H and O–H groups in total. The van der Waals surface area contributed by atoms with Gasteiger partial charge in [0.1, 0.15) is 6.04 Å². The first-order valence-electron chi connectivity index (χ1n) is 5.39. The van der Waals surface area contributed by atoms with E-state index in [1.54, 1.807) is 0 Å². The Kier molecular flexibility index (Phi) is 2.94. The summed E-state index contributed by atoms with van der Waals surface area (Å²) in [7, 11) is 0. The van der Waals surface area contributed by atoms with Crippen molar-refractivity contribution in [1.29, 1.82) is 0 Å². The lowest BCUT2D eigenvalue weighted by atomic mass is 9.90. The minimum Gasteiger partial charge on any atom is -0.480 e. The molecule has 4 nitrogen and oxygen atoms in total. The molecule has 0 amide bonds. The van der Waals surface area contributed by atoms with Gasteiger partial charge in [-0.1, -0.05) is 12.1 Å². The van der Waals surface area contributed by atoms with Gasteiger partial charge in [0.2, 0.25) is 0 Å². The molecule has 0 bridgehead atoms. The lowest BCUT2D eigenvalue weighted by Gasteiger charge is -2.25. The number of hydrogen-bond acceptors (Lipinski definition) is 3. The van der Waals surface area contributed by atoms with E-state index < -0.39 is 12.0 Å². The van der Waals surface area contributed by atoms with Crippen molar-refractivity contribution in [3.8, 4) is 0 Å². The highest BCUT2D eigenvalue weighted by Gasteiger charge is 2.24. The summed E-state index contributed by atoms with van der Waals surface area (Å²) < 4.78 is 0. The summed E-state index contributed by atoms with van der Waals surface area (Å²) in [5, 5.41) is 12.0. The number of nitrogens with two attached hydrogens (primary N) is 1. The number of aliphatic carboxylic acids is 1. The van der Waals surface area contributed by atoms with Crippen LogP contribution in [-0.4, -0.2) is 17.1 Å². The quantitative estimate of drug-likeness (QED) is 0.680. The topological polar surface area (TPSA) is 75.4 Å². The normalized spacial score (nSPS) is 19.2. The summed E-state index contributed by atoms with van der Waals surface area (Å²) in [6.07, 6.45) is 0.557. The number of carboxylic acids is 1. The van der Waals surface area contributed by atoms with Gasteiger partial charge in [-0.25, -0.2) is 0 Å². The highest BCUT2D eigenvalue weighted by molar-refractivity contribution is 5.74. The molecule has 16 heavy (non-hydrogen) atoms. The molecule has 1 unspecified atom stereocenters. The van der Waals surface area contributed by atoms with Crippen LogP contribution in [0.3, 0.4) is 0 Å². The van der Waals surface area contributed by atoms with E-state index in [1.165, 1.54) is 5.56 Å². The van der Waals surface area contributed by atoms with E-state index >= 15 is 0 Å². The van der Waals surface area contributed by atoms with Crippen molar-refractivity contribution in [1.82, 2.24) is 5.32 Å². The highest BCUT2D eigenvalue weighted by atomic mass is 16.4. The van der Waals surface area contributed by atoms with E-state index in [4.69, 9.17) is 10.8 Å². The maximum Gasteiger partial charge on any atom is 0.321 e. The highest BCUT2D eigenvalue weighted by Crippen LogP contribution is 2.22. The summed E-state index contributed by atoms with van der Waals surface area (Å²) in [5.74, 6) is -0.784. The molecule has 2 rings (SSSR count). The van der Waals surface area contributed by atoms with Crippen LogP contribution in [0.2, 0.25) is 0 Å². The second-order valence-corrected chi connectivity index (χ2v) is 4.23. The molecule has 1 aromatic carbocycles. The van der Waals surface area contributed by atoms with Crippen molar-refractivity contribution in [2.75, 3.05) is 0 Å². The molecular weight excluding hydrogens is 204 g/mol. The molecular formula is C12H16N2O2. The fourth-order valence-electron chi connectivity index (χ4n) is 2.22. The molecule has 1 heterocycles. The van der Waals surface area contributed by atoms with Gasteiger partial charge in [0.05, 0.1) is 0 Å². The van der Waals surface area contributed by atoms with Crippen LogP contribution in [0.15, 0.2) is 12.1 Å². The Balaban J connectivity index is 2.35. The number of benzene rings is 1. The summed E-state index contributed by atoms with van der Waals surface area (Å²) in [4.78, 5) is 10.9. The van der Waals surface area contributed by atoms with Crippen molar-refractivity contribution < 1.29 is 9.90 Å². The molecule has 0 radical (unpaired) electrons. The Hall–Kier alpha value is -1.39. The van der Waals surface area contributed by atoms with Crippen LogP contribution in [0, 0.1) is 6.92 Å². The monoisotopic (exact) mass is 220 g/mol. The molecule has 1 aliphatic rings. The van der Waals surface area contributed by atoms with Gasteiger partial charge < -0.3 is 16.2 Å². The maximum atomic E-state index is 10.9. The van der Waals surface area contributed by atoms with Gasteiger partial charge in [-0.2, -0.15) is 0 Å². The van der Waals surface area contributed by atoms with Crippen LogP contribution in [0.1, 0.15) is 22.3 Å². The van der Waals surface area contributed by atoms with Crippen molar-refractivity contribution in [2.24, 2.45) is 5.73 Å². The zero-order valence-electron chi connectivity index (χ0n) is 9.29. The average molecular weight is 220 g/mol. The Morgan fingerprint density at radius 1 is 1.62 bits per heavy atom. The van der Waals surface area contributed by atoms with Crippen LogP contribution < -0.4 is 11.1 Å². The van der Waals surface area contributed by atoms with Gasteiger partial charge in [0, 0.05) is 13.1 Å². The van der Waals surface area contributed by atoms with E-state index in [1.807, 2.05) is 13.0 Å². The third-order valence-electron chi connectivity index (χ3n) is 3.11. The summed E-state index contributed by atoms with van der Waals surface area (Å²) >= 11 is 0. The molecule has 4 heteroatoms. The Labute approximate surface area is 94.5 Å². The van der Waals surface area contributed by atoms with Gasteiger partial charge >= 0.3 is 5.97 Å². The Morgan fingerprint density at radius 3 is 3.00 bits per heavy atom. The summed E-state index contributed by atoms with van der Waals surface area (Å²) in [6, 6.07) is 3.64. The molecule has 1 atom stereocenters. The summed E-state index contributed by atoms with van der Waals surface area (Å²) in [6.45, 7) is 3.15. The lowest BCUT2D eigenvalue weighted by molar-refractivity contribution is -0.139. The third-order valence-corrected chi connectivity index (χ3v) is 3.11. The van der Waals surface area contributed by atoms with Gasteiger partial charge in [-0.3, -0.25) is 4.79 Å². The number of carboxylic acid groups (broad SMARTS) is 1. The maximum absolute atomic E-state index is 10.9. The lowest BCUT2D eigenvalue weighted by Crippen LogP contribution is -2.42. The van der Waals surface area contributed by atoms with E-state index in [-0.39, 0.29) is 0 Å². The minimum absolute atomic E-state index is 0.463. The molecule has 0 fully saturated rings. The molecule has 86 valence electrons. The largest absolute Gasteiger partial charge is 0.480 e. The van der Waals surface area contributed by atoms with E-state index in [9.17, 15) is 4.79 Å². The number of nitrogens with one attached hydrogen (secondary N) is 1. The number of fused-ring (bicyclic) bond motifs is 1. The zero-order chi connectivity index (χ0) is 11.7. The van der Waals surface area contributed by atoms with E-state index in [2.05, 4.69) is 11.4 Å². The first-order valence-corrected chi connectivity index (χ1v) is 5.39. The van der Waals surface area contributed by atoms with E-state index in [0.717, 1.165) is 16.7 Å². The predicted octanol–water partition coefficient (Wildman–Crippen LogP) is 0.553. The number of hydrogen-bond donors (Lipinski definition) is 3. The zero-order valence-corrected chi connectivity index (χ0v) is 9.29. The van der Waals surface area contributed by atoms with Crippen LogP contribution in [0.25, 0.3) is 0 Å². The van der Waals surface area contributed by atoms with Gasteiger partial charge in [0.15, 0.2) is 0 Å². The SMILES string of the molecule is Cc1cc(CN)cc2c1CC(C(=O)O)NC2. The molecule has 0 aromatic heterocycles. The Bertz CT molecular complexity index is 429. The van der Waals surface area contributed by atoms with Crippen molar-refractivity contribution in [2.45, 2.75) is 32.5 Å². The minimum atomic E-state index is -0.784. The van der Waals surface area contributed by atoms with Gasteiger partial charge in [-0.05, 0) is 35.6 Å². The smallest absolute Gasteiger partial charge is 0.321 e. The average Bonchev–Trinajstić information content (AvgIpc) is 2.28. The van der Waals surface area contributed by atoms with Crippen molar-refractivity contribution >= 4 is 5.97 Å². The van der Waals surface area contributed by atoms with Crippen LogP contribution in [-0.2, 0) is 24.3 Å². The number of rotatable bonds is 2. The van der Waals surface area contributed by atoms with Crippen molar-refractivity contribution in [3.05, 3.63) is 34.4 Å². The standard InChI is InChI=1S/C12H16N2O2/c1-7-2-8(5-13)3-9-6-14-11(12(15)16)4-10(7)9/h2-3,11,14H,4-6,13H2,1H3,(H,15,16). The van der Waals surface area contributed by atoms with Crippen LogP contribution in [0.5, 0.6) is 0 Å². The third kappa shape index (κ3) is 1.94. The van der Waals surface area contributed by atoms with Crippen LogP contribution >= 0.6 is 0 Å². The number of carbonyl (C=O) groups is 1. The first-order chi connectivity index (χ1) is 7.61. The fourth-order valence-corrected chi connectivity index (χ4v) is 2.22. The Morgan fingerprint density at radius 2 is 2.38 bits per heavy atom. The number of aryl methyl sites for hydroxylation is 1. The molecule has 1 aliphatic heterocycles. The molecule has 0 aliphatic carbocycles. The van der Waals surface area contributed by atoms with Gasteiger partial charge in [0.25, 0.3) is 0 Å². The summed E-state index contributed by atoms with van der Waals surface area (Å²) in [5.41, 5.74) is 10.2. The second-order valence-electron chi connectivity index (χ2n) is 4.23. The van der Waals surface area contributed by atoms with Gasteiger partial charge in [-0.15, -0.1) is 0 Å². The molecule has 0 saturated heterocycles. The molecule has 0 saturated carbocycles. The predicted molar refractivity (Wildman–Crippen MR) is 61.0 cm³/mol.